The number of nitrogens with zero attached hydrogens (tertiary/aromatic N) is 3. The first-order valence-electron chi connectivity index (χ1n) is 5.25. The molecular formula is C11H13N3O. The van der Waals surface area contributed by atoms with E-state index < -0.39 is 0 Å². The third-order valence-electron chi connectivity index (χ3n) is 3.47. The average molecular weight is 203 g/mol. The number of fused-ring (bicyclic) bond motifs is 1. The monoisotopic (exact) mass is 203 g/mol. The van der Waals surface area contributed by atoms with Crippen molar-refractivity contribution >= 4 is 5.65 Å². The average Bonchev–Trinajstić information content (AvgIpc) is 2.64. The molecule has 0 atom stereocenters. The summed E-state index contributed by atoms with van der Waals surface area (Å²) >= 11 is 0. The first kappa shape index (κ1) is 8.85. The van der Waals surface area contributed by atoms with Crippen molar-refractivity contribution in [2.24, 2.45) is 0 Å². The van der Waals surface area contributed by atoms with Crippen molar-refractivity contribution in [3.63, 3.8) is 0 Å². The van der Waals surface area contributed by atoms with E-state index in [1.807, 2.05) is 18.5 Å². The van der Waals surface area contributed by atoms with Gasteiger partial charge < -0.3 is 5.11 Å². The molecule has 0 spiro atoms. The van der Waals surface area contributed by atoms with E-state index in [1.54, 1.807) is 10.7 Å². The maximum Gasteiger partial charge on any atom is 0.154 e. The molecule has 2 aromatic rings. The highest BCUT2D eigenvalue weighted by molar-refractivity contribution is 5.38. The molecule has 1 saturated carbocycles. The quantitative estimate of drug-likeness (QED) is 0.796. The predicted octanol–water partition coefficient (Wildman–Crippen LogP) is 1.14. The van der Waals surface area contributed by atoms with Crippen molar-refractivity contribution in [3.8, 4) is 0 Å². The van der Waals surface area contributed by atoms with E-state index in [-0.39, 0.29) is 12.0 Å². The number of hydrogen-bond donors (Lipinski definition) is 1. The molecule has 0 aliphatic heterocycles. The summed E-state index contributed by atoms with van der Waals surface area (Å²) in [4.78, 5) is 4.33. The van der Waals surface area contributed by atoms with Gasteiger partial charge in [0.1, 0.15) is 0 Å². The third kappa shape index (κ3) is 1.18. The molecule has 0 bridgehead atoms. The second-order valence-corrected chi connectivity index (χ2v) is 4.27. The van der Waals surface area contributed by atoms with Gasteiger partial charge in [0.25, 0.3) is 0 Å². The van der Waals surface area contributed by atoms with Crippen LogP contribution in [-0.4, -0.2) is 26.3 Å². The molecule has 0 aromatic carbocycles. The van der Waals surface area contributed by atoms with Gasteiger partial charge in [-0.3, -0.25) is 0 Å². The number of rotatable bonds is 2. The highest BCUT2D eigenvalue weighted by Crippen LogP contribution is 2.42. The second kappa shape index (κ2) is 3.03. The van der Waals surface area contributed by atoms with Gasteiger partial charge in [-0.25, -0.2) is 9.50 Å². The van der Waals surface area contributed by atoms with Gasteiger partial charge >= 0.3 is 0 Å². The van der Waals surface area contributed by atoms with Crippen LogP contribution in [0.15, 0.2) is 24.7 Å². The largest absolute Gasteiger partial charge is 0.395 e. The molecule has 2 heterocycles. The maximum absolute atomic E-state index is 9.46. The lowest BCUT2D eigenvalue weighted by Gasteiger charge is -2.40. The summed E-state index contributed by atoms with van der Waals surface area (Å²) in [6.45, 7) is 0.210. The summed E-state index contributed by atoms with van der Waals surface area (Å²) in [6.07, 6.45) is 8.89. The third-order valence-corrected chi connectivity index (χ3v) is 3.47. The van der Waals surface area contributed by atoms with Gasteiger partial charge in [0.05, 0.1) is 12.8 Å². The summed E-state index contributed by atoms with van der Waals surface area (Å²) in [7, 11) is 0. The normalized spacial score (nSPS) is 19.0. The molecular weight excluding hydrogens is 190 g/mol. The van der Waals surface area contributed by atoms with Crippen LogP contribution in [0.3, 0.4) is 0 Å². The van der Waals surface area contributed by atoms with Crippen molar-refractivity contribution < 1.29 is 5.11 Å². The highest BCUT2D eigenvalue weighted by atomic mass is 16.3. The van der Waals surface area contributed by atoms with Crippen molar-refractivity contribution in [1.82, 2.24) is 14.6 Å². The Morgan fingerprint density at radius 1 is 1.47 bits per heavy atom. The number of aliphatic hydroxyl groups excluding tert-OH is 1. The lowest BCUT2D eigenvalue weighted by molar-refractivity contribution is 0.119. The van der Waals surface area contributed by atoms with Crippen LogP contribution in [0.1, 0.15) is 24.8 Å². The van der Waals surface area contributed by atoms with Crippen molar-refractivity contribution in [2.45, 2.75) is 24.7 Å². The van der Waals surface area contributed by atoms with E-state index in [4.69, 9.17) is 0 Å². The summed E-state index contributed by atoms with van der Waals surface area (Å²) < 4.78 is 1.77. The highest BCUT2D eigenvalue weighted by Gasteiger charge is 2.38. The van der Waals surface area contributed by atoms with Crippen LogP contribution in [0.4, 0.5) is 0 Å². The Hall–Kier alpha value is -1.42. The lowest BCUT2D eigenvalue weighted by atomic mass is 9.66. The Morgan fingerprint density at radius 2 is 2.33 bits per heavy atom. The fraction of sp³-hybridized carbons (Fsp3) is 0.455. The van der Waals surface area contributed by atoms with E-state index in [1.165, 1.54) is 6.42 Å². The van der Waals surface area contributed by atoms with Gasteiger partial charge in [-0.15, -0.1) is 0 Å². The van der Waals surface area contributed by atoms with E-state index in [0.717, 1.165) is 24.1 Å². The molecule has 0 saturated heterocycles. The van der Waals surface area contributed by atoms with Crippen molar-refractivity contribution in [3.05, 3.63) is 30.2 Å². The van der Waals surface area contributed by atoms with Crippen molar-refractivity contribution in [2.75, 3.05) is 6.61 Å². The van der Waals surface area contributed by atoms with Crippen LogP contribution in [0.5, 0.6) is 0 Å². The number of aromatic nitrogens is 3. The molecule has 4 nitrogen and oxygen atoms in total. The molecule has 1 aliphatic rings. The Morgan fingerprint density at radius 3 is 3.00 bits per heavy atom. The molecule has 0 amide bonds. The minimum atomic E-state index is -0.0485. The first-order chi connectivity index (χ1) is 7.34. The molecule has 78 valence electrons. The Balaban J connectivity index is 2.10. The van der Waals surface area contributed by atoms with E-state index in [9.17, 15) is 5.11 Å². The fourth-order valence-corrected chi connectivity index (χ4v) is 2.23. The zero-order chi connectivity index (χ0) is 10.3. The fourth-order valence-electron chi connectivity index (χ4n) is 2.23. The van der Waals surface area contributed by atoms with E-state index in [0.29, 0.717) is 0 Å². The van der Waals surface area contributed by atoms with Crippen LogP contribution in [0.2, 0.25) is 0 Å². The van der Waals surface area contributed by atoms with Gasteiger partial charge in [-0.05, 0) is 18.4 Å². The summed E-state index contributed by atoms with van der Waals surface area (Å²) in [5.74, 6) is 0. The topological polar surface area (TPSA) is 50.4 Å². The Kier molecular flexibility index (Phi) is 1.79. The van der Waals surface area contributed by atoms with Gasteiger partial charge in [0.2, 0.25) is 0 Å². The zero-order valence-corrected chi connectivity index (χ0v) is 8.43. The summed E-state index contributed by atoms with van der Waals surface area (Å²) in [5, 5.41) is 13.6. The Bertz CT molecular complexity index is 482. The van der Waals surface area contributed by atoms with Gasteiger partial charge in [-0.1, -0.05) is 6.42 Å². The molecule has 2 aromatic heterocycles. The van der Waals surface area contributed by atoms with Gasteiger partial charge in [-0.2, -0.15) is 5.10 Å². The first-order valence-corrected chi connectivity index (χ1v) is 5.25. The van der Waals surface area contributed by atoms with Crippen LogP contribution in [0, 0.1) is 0 Å². The molecule has 1 fully saturated rings. The molecule has 1 N–H and O–H groups in total. The summed E-state index contributed by atoms with van der Waals surface area (Å²) in [5.41, 5.74) is 1.91. The smallest absolute Gasteiger partial charge is 0.154 e. The van der Waals surface area contributed by atoms with Gasteiger partial charge in [0.15, 0.2) is 5.65 Å². The molecule has 1 aliphatic carbocycles. The van der Waals surface area contributed by atoms with E-state index in [2.05, 4.69) is 10.1 Å². The van der Waals surface area contributed by atoms with Crippen LogP contribution >= 0.6 is 0 Å². The second-order valence-electron chi connectivity index (χ2n) is 4.27. The van der Waals surface area contributed by atoms with Crippen molar-refractivity contribution in [1.29, 1.82) is 0 Å². The molecule has 4 heteroatoms. The summed E-state index contributed by atoms with van der Waals surface area (Å²) in [6, 6.07) is 1.87. The standard InChI is InChI=1S/C11H13N3O/c15-8-11(3-1-4-11)9-6-12-10-2-5-13-14(10)7-9/h2,5-7,15H,1,3-4,8H2. The van der Waals surface area contributed by atoms with Crippen LogP contribution in [-0.2, 0) is 5.41 Å². The molecule has 3 rings (SSSR count). The van der Waals surface area contributed by atoms with Gasteiger partial charge in [0, 0.05) is 23.9 Å². The van der Waals surface area contributed by atoms with Crippen LogP contribution < -0.4 is 0 Å². The van der Waals surface area contributed by atoms with E-state index >= 15 is 0 Å². The predicted molar refractivity (Wildman–Crippen MR) is 55.6 cm³/mol. The minimum Gasteiger partial charge on any atom is -0.395 e. The molecule has 15 heavy (non-hydrogen) atoms. The van der Waals surface area contributed by atoms with Crippen LogP contribution in [0.25, 0.3) is 5.65 Å². The minimum absolute atomic E-state index is 0.0485. The lowest BCUT2D eigenvalue weighted by Crippen LogP contribution is -2.38. The maximum atomic E-state index is 9.46. The number of hydrogen-bond acceptors (Lipinski definition) is 3. The zero-order valence-electron chi connectivity index (χ0n) is 8.43. The molecule has 0 radical (unpaired) electrons. The SMILES string of the molecule is OCC1(c2cnc3ccnn3c2)CCC1. The molecule has 0 unspecified atom stereocenters. The Labute approximate surface area is 87.6 Å². The number of aliphatic hydroxyl groups is 1.